The van der Waals surface area contributed by atoms with E-state index in [1.54, 1.807) is 6.20 Å². The highest BCUT2D eigenvalue weighted by atomic mass is 16.3. The summed E-state index contributed by atoms with van der Waals surface area (Å²) in [5.41, 5.74) is 0.174. The van der Waals surface area contributed by atoms with Crippen LogP contribution >= 0.6 is 0 Å². The van der Waals surface area contributed by atoms with Gasteiger partial charge in [-0.05, 0) is 19.3 Å². The summed E-state index contributed by atoms with van der Waals surface area (Å²) < 4.78 is 1.85. The average Bonchev–Trinajstić information content (AvgIpc) is 2.75. The lowest BCUT2D eigenvalue weighted by Crippen LogP contribution is -2.26. The number of aromatic nitrogens is 2. The second-order valence-electron chi connectivity index (χ2n) is 5.62. The summed E-state index contributed by atoms with van der Waals surface area (Å²) in [6, 6.07) is 2.41. The Morgan fingerprint density at radius 2 is 2.11 bits per heavy atom. The van der Waals surface area contributed by atoms with Crippen molar-refractivity contribution in [2.24, 2.45) is 5.41 Å². The van der Waals surface area contributed by atoms with Gasteiger partial charge in [0.1, 0.15) is 6.10 Å². The normalized spacial score (nSPS) is 20.5. The van der Waals surface area contributed by atoms with Gasteiger partial charge >= 0.3 is 0 Å². The van der Waals surface area contributed by atoms with Gasteiger partial charge in [0, 0.05) is 18.3 Å². The Labute approximate surface area is 115 Å². The zero-order valence-electron chi connectivity index (χ0n) is 11.7. The first kappa shape index (κ1) is 14.1. The molecule has 4 nitrogen and oxygen atoms in total. The number of aliphatic hydroxyl groups excluding tert-OH is 1. The van der Waals surface area contributed by atoms with Crippen LogP contribution in [0.1, 0.15) is 63.5 Å². The molecular weight excluding hydrogens is 238 g/mol. The number of hydrogen-bond donors (Lipinski definition) is 1. The van der Waals surface area contributed by atoms with E-state index >= 15 is 0 Å². The van der Waals surface area contributed by atoms with Crippen LogP contribution in [0, 0.1) is 16.7 Å². The van der Waals surface area contributed by atoms with Crippen LogP contribution in [-0.4, -0.2) is 14.9 Å². The number of aliphatic hydroxyl groups is 1. The Kier molecular flexibility index (Phi) is 4.60. The van der Waals surface area contributed by atoms with Crippen LogP contribution < -0.4 is 0 Å². The summed E-state index contributed by atoms with van der Waals surface area (Å²) in [4.78, 5) is 0. The number of nitriles is 1. The lowest BCUT2D eigenvalue weighted by atomic mass is 9.75. The first-order valence-electron chi connectivity index (χ1n) is 7.33. The van der Waals surface area contributed by atoms with Crippen molar-refractivity contribution in [2.75, 3.05) is 0 Å². The smallest absolute Gasteiger partial charge is 0.101 e. The van der Waals surface area contributed by atoms with Crippen molar-refractivity contribution in [1.29, 1.82) is 5.26 Å². The molecule has 1 N–H and O–H groups in total. The van der Waals surface area contributed by atoms with Gasteiger partial charge in [-0.3, -0.25) is 4.68 Å². The summed E-state index contributed by atoms with van der Waals surface area (Å²) in [5.74, 6) is 0. The van der Waals surface area contributed by atoms with Gasteiger partial charge in [-0.2, -0.15) is 10.4 Å². The largest absolute Gasteiger partial charge is 0.387 e. The first-order valence-corrected chi connectivity index (χ1v) is 7.33. The fraction of sp³-hybridized carbons (Fsp3) is 0.733. The van der Waals surface area contributed by atoms with E-state index in [0.29, 0.717) is 0 Å². The summed E-state index contributed by atoms with van der Waals surface area (Å²) >= 11 is 0. The summed E-state index contributed by atoms with van der Waals surface area (Å²) in [6.07, 6.45) is 9.91. The lowest BCUT2D eigenvalue weighted by molar-refractivity contribution is 0.0515. The predicted molar refractivity (Wildman–Crippen MR) is 73.2 cm³/mol. The molecule has 0 radical (unpaired) electrons. The van der Waals surface area contributed by atoms with Gasteiger partial charge in [0.2, 0.25) is 0 Å². The Bertz CT molecular complexity index is 438. The Hall–Kier alpha value is -1.34. The SMILES string of the molecule is CCCn1cc(C(O)C2(C#N)CCCCCC2)cn1. The molecule has 1 aromatic heterocycles. The van der Waals surface area contributed by atoms with Crippen molar-refractivity contribution in [1.82, 2.24) is 9.78 Å². The third kappa shape index (κ3) is 2.98. The Morgan fingerprint density at radius 3 is 2.68 bits per heavy atom. The molecule has 4 heteroatoms. The fourth-order valence-electron chi connectivity index (χ4n) is 3.00. The average molecular weight is 261 g/mol. The van der Waals surface area contributed by atoms with E-state index < -0.39 is 11.5 Å². The molecule has 1 aromatic rings. The van der Waals surface area contributed by atoms with Crippen molar-refractivity contribution in [3.8, 4) is 6.07 Å². The maximum absolute atomic E-state index is 10.6. The predicted octanol–water partition coefficient (Wildman–Crippen LogP) is 3.19. The lowest BCUT2D eigenvalue weighted by Gasteiger charge is -2.29. The first-order chi connectivity index (χ1) is 9.22. The monoisotopic (exact) mass is 261 g/mol. The molecule has 1 heterocycles. The molecule has 2 rings (SSSR count). The minimum absolute atomic E-state index is 0.615. The maximum Gasteiger partial charge on any atom is 0.101 e. The molecule has 1 fully saturated rings. The van der Waals surface area contributed by atoms with Crippen LogP contribution in [0.25, 0.3) is 0 Å². The molecule has 0 aromatic carbocycles. The molecule has 19 heavy (non-hydrogen) atoms. The molecule has 1 aliphatic rings. The molecule has 0 saturated heterocycles. The summed E-state index contributed by atoms with van der Waals surface area (Å²) in [5, 5.41) is 24.5. The zero-order valence-corrected chi connectivity index (χ0v) is 11.7. The highest BCUT2D eigenvalue weighted by Gasteiger charge is 2.39. The molecule has 1 aliphatic carbocycles. The minimum Gasteiger partial charge on any atom is -0.387 e. The van der Waals surface area contributed by atoms with Crippen LogP contribution in [0.15, 0.2) is 12.4 Å². The molecule has 104 valence electrons. The van der Waals surface area contributed by atoms with Crippen molar-refractivity contribution in [2.45, 2.75) is 64.5 Å². The van der Waals surface area contributed by atoms with E-state index in [4.69, 9.17) is 0 Å². The van der Waals surface area contributed by atoms with Crippen molar-refractivity contribution < 1.29 is 5.11 Å². The van der Waals surface area contributed by atoms with E-state index in [0.717, 1.165) is 44.2 Å². The van der Waals surface area contributed by atoms with Crippen molar-refractivity contribution in [3.63, 3.8) is 0 Å². The Morgan fingerprint density at radius 1 is 1.42 bits per heavy atom. The standard InChI is InChI=1S/C15H23N3O/c1-2-9-18-11-13(10-17-18)14(19)15(12-16)7-5-3-4-6-8-15/h10-11,14,19H,2-9H2,1H3. The number of nitrogens with zero attached hydrogens (tertiary/aromatic N) is 3. The van der Waals surface area contributed by atoms with Gasteiger partial charge < -0.3 is 5.11 Å². The zero-order chi connectivity index (χ0) is 13.7. The fourth-order valence-corrected chi connectivity index (χ4v) is 3.00. The maximum atomic E-state index is 10.6. The third-order valence-electron chi connectivity index (χ3n) is 4.16. The molecule has 1 atom stereocenters. The highest BCUT2D eigenvalue weighted by molar-refractivity contribution is 5.18. The highest BCUT2D eigenvalue weighted by Crippen LogP contribution is 2.44. The van der Waals surface area contributed by atoms with Crippen molar-refractivity contribution in [3.05, 3.63) is 18.0 Å². The van der Waals surface area contributed by atoms with Crippen LogP contribution in [0.5, 0.6) is 0 Å². The topological polar surface area (TPSA) is 61.8 Å². The number of rotatable bonds is 4. The number of hydrogen-bond acceptors (Lipinski definition) is 3. The van der Waals surface area contributed by atoms with Crippen LogP contribution in [0.2, 0.25) is 0 Å². The third-order valence-corrected chi connectivity index (χ3v) is 4.16. The second kappa shape index (κ2) is 6.21. The molecular formula is C15H23N3O. The van der Waals surface area contributed by atoms with Gasteiger partial charge in [0.25, 0.3) is 0 Å². The second-order valence-corrected chi connectivity index (χ2v) is 5.62. The molecule has 0 bridgehead atoms. The summed E-state index contributed by atoms with van der Waals surface area (Å²) in [6.45, 7) is 2.95. The summed E-state index contributed by atoms with van der Waals surface area (Å²) in [7, 11) is 0. The quantitative estimate of drug-likeness (QED) is 0.847. The van der Waals surface area contributed by atoms with Gasteiger partial charge in [-0.25, -0.2) is 0 Å². The van der Waals surface area contributed by atoms with Gasteiger partial charge in [-0.1, -0.05) is 32.6 Å². The minimum atomic E-state index is -0.707. The van der Waals surface area contributed by atoms with Crippen molar-refractivity contribution >= 4 is 0 Å². The van der Waals surface area contributed by atoms with Gasteiger partial charge in [-0.15, -0.1) is 0 Å². The Balaban J connectivity index is 2.19. The van der Waals surface area contributed by atoms with Gasteiger partial charge in [0.15, 0.2) is 0 Å². The van der Waals surface area contributed by atoms with E-state index in [9.17, 15) is 10.4 Å². The molecule has 0 amide bonds. The van der Waals surface area contributed by atoms with E-state index in [1.807, 2.05) is 10.9 Å². The van der Waals surface area contributed by atoms with Gasteiger partial charge in [0.05, 0.1) is 17.7 Å². The van der Waals surface area contributed by atoms with E-state index in [1.165, 1.54) is 12.8 Å². The number of aryl methyl sites for hydroxylation is 1. The molecule has 0 spiro atoms. The van der Waals surface area contributed by atoms with E-state index in [-0.39, 0.29) is 0 Å². The van der Waals surface area contributed by atoms with Crippen LogP contribution in [0.3, 0.4) is 0 Å². The molecule has 1 saturated carbocycles. The van der Waals surface area contributed by atoms with E-state index in [2.05, 4.69) is 18.1 Å². The van der Waals surface area contributed by atoms with Crippen LogP contribution in [-0.2, 0) is 6.54 Å². The van der Waals surface area contributed by atoms with Crippen LogP contribution in [0.4, 0.5) is 0 Å². The molecule has 1 unspecified atom stereocenters. The molecule has 0 aliphatic heterocycles.